The van der Waals surface area contributed by atoms with E-state index in [1.54, 1.807) is 4.57 Å². The van der Waals surface area contributed by atoms with E-state index in [1.807, 2.05) is 0 Å². The lowest BCUT2D eigenvalue weighted by molar-refractivity contribution is 0.0203. The Morgan fingerprint density at radius 2 is 2.42 bits per heavy atom. The van der Waals surface area contributed by atoms with Gasteiger partial charge in [-0.2, -0.15) is 0 Å². The average Bonchev–Trinajstić information content (AvgIpc) is 2.95. The highest BCUT2D eigenvalue weighted by atomic mass is 16.5. The fourth-order valence-corrected chi connectivity index (χ4v) is 2.12. The van der Waals surface area contributed by atoms with Crippen molar-refractivity contribution in [3.63, 3.8) is 0 Å². The zero-order valence-corrected chi connectivity index (χ0v) is 9.67. The topological polar surface area (TPSA) is 126 Å². The number of H-pyrrole nitrogens is 1. The van der Waals surface area contributed by atoms with Gasteiger partial charge in [0.05, 0.1) is 25.0 Å². The molecule has 2 aromatic heterocycles. The van der Waals surface area contributed by atoms with Crippen molar-refractivity contribution in [2.75, 3.05) is 0 Å². The lowest BCUT2D eigenvalue weighted by Crippen LogP contribution is -2.21. The molecule has 2 aromatic rings. The first-order valence-corrected chi connectivity index (χ1v) is 5.62. The van der Waals surface area contributed by atoms with E-state index >= 15 is 0 Å². The first-order chi connectivity index (χ1) is 9.20. The smallest absolute Gasteiger partial charge is 0.278 e. The summed E-state index contributed by atoms with van der Waals surface area (Å²) in [5, 5.41) is 21.1. The van der Waals surface area contributed by atoms with Gasteiger partial charge in [-0.15, -0.1) is 0 Å². The van der Waals surface area contributed by atoms with Gasteiger partial charge in [-0.05, 0) is 0 Å². The monoisotopic (exact) mass is 265 g/mol. The summed E-state index contributed by atoms with van der Waals surface area (Å²) in [5.41, 5.74) is 0.248. The first kappa shape index (κ1) is 11.8. The number of rotatable bonds is 2. The van der Waals surface area contributed by atoms with Crippen LogP contribution in [0.1, 0.15) is 12.6 Å². The van der Waals surface area contributed by atoms with Gasteiger partial charge in [-0.25, -0.2) is 9.97 Å². The number of aromatic amines is 1. The van der Waals surface area contributed by atoms with Gasteiger partial charge in [0.2, 0.25) is 0 Å². The number of aromatic nitrogens is 4. The van der Waals surface area contributed by atoms with Crippen LogP contribution in [0.5, 0.6) is 0 Å². The number of hydrogen-bond acceptors (Lipinski definition) is 7. The molecule has 1 fully saturated rings. The van der Waals surface area contributed by atoms with Crippen molar-refractivity contribution in [2.24, 2.45) is 5.16 Å². The summed E-state index contributed by atoms with van der Waals surface area (Å²) in [7, 11) is 0. The second-order valence-electron chi connectivity index (χ2n) is 4.18. The van der Waals surface area contributed by atoms with Gasteiger partial charge in [0, 0.05) is 6.42 Å². The maximum Gasteiger partial charge on any atom is 0.278 e. The Kier molecular flexibility index (Phi) is 2.76. The standard InChI is InChI=1S/C10H11N5O4/c16-5-1-7(19-6(5)2-14-18)15-4-13-8-9(15)11-3-12-10(8)17/h2-7,16,18H,1H2,(H,11,12,17)/b14-2+/t5-,6+,7+/m0/s1. The molecule has 3 atom stereocenters. The summed E-state index contributed by atoms with van der Waals surface area (Å²) < 4.78 is 7.09. The number of oxime groups is 1. The van der Waals surface area contributed by atoms with E-state index in [4.69, 9.17) is 9.94 Å². The molecular weight excluding hydrogens is 254 g/mol. The van der Waals surface area contributed by atoms with Gasteiger partial charge >= 0.3 is 0 Å². The Morgan fingerprint density at radius 1 is 1.58 bits per heavy atom. The molecule has 3 rings (SSSR count). The third-order valence-electron chi connectivity index (χ3n) is 3.03. The first-order valence-electron chi connectivity index (χ1n) is 5.62. The predicted molar refractivity (Wildman–Crippen MR) is 63.0 cm³/mol. The number of imidazole rings is 1. The minimum absolute atomic E-state index is 0.208. The van der Waals surface area contributed by atoms with Crippen molar-refractivity contribution < 1.29 is 15.1 Å². The van der Waals surface area contributed by atoms with E-state index < -0.39 is 18.4 Å². The number of hydrogen-bond donors (Lipinski definition) is 3. The van der Waals surface area contributed by atoms with Crippen LogP contribution in [-0.4, -0.2) is 48.3 Å². The molecule has 0 bridgehead atoms. The van der Waals surface area contributed by atoms with Crippen LogP contribution in [0.4, 0.5) is 0 Å². The average molecular weight is 265 g/mol. The maximum atomic E-state index is 11.5. The zero-order chi connectivity index (χ0) is 13.4. The Hall–Kier alpha value is -2.26. The number of aliphatic hydroxyl groups excluding tert-OH is 1. The highest BCUT2D eigenvalue weighted by molar-refractivity contribution is 5.69. The van der Waals surface area contributed by atoms with Gasteiger partial charge in [-0.1, -0.05) is 5.16 Å². The van der Waals surface area contributed by atoms with Crippen LogP contribution >= 0.6 is 0 Å². The Labute approximate surface area is 106 Å². The molecule has 9 nitrogen and oxygen atoms in total. The maximum absolute atomic E-state index is 11.5. The molecule has 0 spiro atoms. The third kappa shape index (κ3) is 1.88. The molecule has 0 radical (unpaired) electrons. The van der Waals surface area contributed by atoms with Gasteiger partial charge in [0.1, 0.15) is 12.3 Å². The van der Waals surface area contributed by atoms with Crippen LogP contribution in [0.25, 0.3) is 11.2 Å². The highest BCUT2D eigenvalue weighted by Crippen LogP contribution is 2.29. The molecule has 9 heteroatoms. The van der Waals surface area contributed by atoms with Crippen LogP contribution in [0.2, 0.25) is 0 Å². The third-order valence-corrected chi connectivity index (χ3v) is 3.03. The highest BCUT2D eigenvalue weighted by Gasteiger charge is 2.35. The van der Waals surface area contributed by atoms with Crippen molar-refractivity contribution in [1.29, 1.82) is 0 Å². The van der Waals surface area contributed by atoms with Crippen LogP contribution in [-0.2, 0) is 4.74 Å². The molecule has 1 saturated heterocycles. The van der Waals surface area contributed by atoms with E-state index in [-0.39, 0.29) is 17.5 Å². The summed E-state index contributed by atoms with van der Waals surface area (Å²) in [6.07, 6.45) is 2.11. The summed E-state index contributed by atoms with van der Waals surface area (Å²) in [6.45, 7) is 0. The quantitative estimate of drug-likeness (QED) is 0.372. The molecule has 0 unspecified atom stereocenters. The lowest BCUT2D eigenvalue weighted by atomic mass is 10.2. The Bertz CT molecular complexity index is 678. The summed E-state index contributed by atoms with van der Waals surface area (Å²) in [5.74, 6) is 0. The summed E-state index contributed by atoms with van der Waals surface area (Å²) in [6, 6.07) is 0. The lowest BCUT2D eigenvalue weighted by Gasteiger charge is -2.12. The fraction of sp³-hybridized carbons (Fsp3) is 0.400. The van der Waals surface area contributed by atoms with Gasteiger partial charge in [-0.3, -0.25) is 9.36 Å². The molecule has 1 aliphatic heterocycles. The molecule has 0 saturated carbocycles. The van der Waals surface area contributed by atoms with Gasteiger partial charge < -0.3 is 20.0 Å². The summed E-state index contributed by atoms with van der Waals surface area (Å²) in [4.78, 5) is 22.0. The minimum atomic E-state index is -0.791. The number of ether oxygens (including phenoxy) is 1. The second kappa shape index (κ2) is 4.44. The van der Waals surface area contributed by atoms with Crippen LogP contribution in [0.15, 0.2) is 22.6 Å². The normalized spacial score (nSPS) is 27.5. The van der Waals surface area contributed by atoms with Crippen molar-refractivity contribution in [3.05, 3.63) is 23.0 Å². The van der Waals surface area contributed by atoms with Crippen molar-refractivity contribution >= 4 is 17.4 Å². The van der Waals surface area contributed by atoms with Crippen molar-refractivity contribution in [1.82, 2.24) is 19.5 Å². The number of fused-ring (bicyclic) bond motifs is 1. The van der Waals surface area contributed by atoms with E-state index in [2.05, 4.69) is 20.1 Å². The second-order valence-corrected chi connectivity index (χ2v) is 4.18. The molecule has 0 amide bonds. The van der Waals surface area contributed by atoms with Crippen molar-refractivity contribution in [2.45, 2.75) is 24.9 Å². The molecule has 3 heterocycles. The summed E-state index contributed by atoms with van der Waals surface area (Å²) >= 11 is 0. The number of aliphatic hydroxyl groups is 1. The number of nitrogens with one attached hydrogen (secondary N) is 1. The van der Waals surface area contributed by atoms with Gasteiger partial charge in [0.25, 0.3) is 5.56 Å². The Balaban J connectivity index is 1.98. The van der Waals surface area contributed by atoms with Crippen LogP contribution < -0.4 is 5.56 Å². The minimum Gasteiger partial charge on any atom is -0.411 e. The van der Waals surface area contributed by atoms with E-state index in [1.165, 1.54) is 12.7 Å². The van der Waals surface area contributed by atoms with Crippen LogP contribution in [0.3, 0.4) is 0 Å². The SMILES string of the molecule is O=c1[nH]cnc2c1ncn2[C@H]1C[C@H](O)[C@@H](/C=N/O)O1. The Morgan fingerprint density at radius 3 is 3.21 bits per heavy atom. The fourth-order valence-electron chi connectivity index (χ4n) is 2.12. The molecular formula is C10H11N5O4. The van der Waals surface area contributed by atoms with Crippen LogP contribution in [0, 0.1) is 0 Å². The van der Waals surface area contributed by atoms with Gasteiger partial charge in [0.15, 0.2) is 11.2 Å². The van der Waals surface area contributed by atoms with E-state index in [0.29, 0.717) is 5.65 Å². The number of nitrogens with zero attached hydrogens (tertiary/aromatic N) is 4. The van der Waals surface area contributed by atoms with E-state index in [9.17, 15) is 9.90 Å². The molecule has 19 heavy (non-hydrogen) atoms. The molecule has 100 valence electrons. The largest absolute Gasteiger partial charge is 0.411 e. The molecule has 1 aliphatic rings. The predicted octanol–water partition coefficient (Wildman–Crippen LogP) is -0.772. The molecule has 3 N–H and O–H groups in total. The zero-order valence-electron chi connectivity index (χ0n) is 9.67. The molecule has 0 aromatic carbocycles. The molecule has 0 aliphatic carbocycles. The van der Waals surface area contributed by atoms with E-state index in [0.717, 1.165) is 6.21 Å². The van der Waals surface area contributed by atoms with Crippen molar-refractivity contribution in [3.8, 4) is 0 Å².